The standard InChI is InChI=1S/C35H29P.2C8H10/c1-24-10-8-14-29(22-24)36(30-15-9-11-25(2)23-30)33-21-20-28-13-5-7-17-32(28)35(33)34-26(3)18-19-27-12-4-6-16-31(27)34;2*1-7-4-3-5-8(2)6-7/h4-23H,1-3H3;2*3-6H,1-2H3. The summed E-state index contributed by atoms with van der Waals surface area (Å²) < 4.78 is 0. The Bertz CT molecular complexity index is 2330. The molecule has 0 aromatic heterocycles. The minimum Gasteiger partial charge on any atom is -0.0617 e. The summed E-state index contributed by atoms with van der Waals surface area (Å²) in [4.78, 5) is 0. The topological polar surface area (TPSA) is 0 Å². The molecule has 0 atom stereocenters. The zero-order valence-corrected chi connectivity index (χ0v) is 32.5. The minimum atomic E-state index is -0.764. The Morgan fingerprint density at radius 2 is 0.692 bits per heavy atom. The van der Waals surface area contributed by atoms with Crippen molar-refractivity contribution in [3.63, 3.8) is 0 Å². The predicted octanol–water partition coefficient (Wildman–Crippen LogP) is 13.0. The van der Waals surface area contributed by atoms with E-state index in [1.807, 2.05) is 0 Å². The first kappa shape index (κ1) is 36.5. The molecule has 0 fully saturated rings. The van der Waals surface area contributed by atoms with Crippen LogP contribution in [0.4, 0.5) is 0 Å². The largest absolute Gasteiger partial charge is 0.0617 e. The highest BCUT2D eigenvalue weighted by Crippen LogP contribution is 2.43. The van der Waals surface area contributed by atoms with Crippen LogP contribution in [0.2, 0.25) is 0 Å². The van der Waals surface area contributed by atoms with Crippen LogP contribution < -0.4 is 15.9 Å². The molecule has 0 saturated heterocycles. The van der Waals surface area contributed by atoms with Gasteiger partial charge < -0.3 is 0 Å². The summed E-state index contributed by atoms with van der Waals surface area (Å²) in [7, 11) is -0.764. The molecule has 8 aromatic carbocycles. The van der Waals surface area contributed by atoms with Gasteiger partial charge in [-0.15, -0.1) is 0 Å². The molecular formula is C51H49P. The van der Waals surface area contributed by atoms with Crippen LogP contribution in [0, 0.1) is 48.5 Å². The summed E-state index contributed by atoms with van der Waals surface area (Å²) in [6.07, 6.45) is 0. The highest BCUT2D eigenvalue weighted by Gasteiger charge is 2.24. The van der Waals surface area contributed by atoms with Crippen molar-refractivity contribution in [2.75, 3.05) is 0 Å². The molecular weight excluding hydrogens is 644 g/mol. The van der Waals surface area contributed by atoms with Crippen LogP contribution in [0.1, 0.15) is 38.9 Å². The monoisotopic (exact) mass is 692 g/mol. The van der Waals surface area contributed by atoms with Gasteiger partial charge in [0.15, 0.2) is 0 Å². The van der Waals surface area contributed by atoms with Crippen molar-refractivity contribution in [2.45, 2.75) is 48.5 Å². The maximum atomic E-state index is 2.40. The van der Waals surface area contributed by atoms with E-state index in [2.05, 4.69) is 218 Å². The highest BCUT2D eigenvalue weighted by molar-refractivity contribution is 7.80. The quantitative estimate of drug-likeness (QED) is 0.161. The number of hydrogen-bond donors (Lipinski definition) is 0. The molecule has 0 aliphatic heterocycles. The summed E-state index contributed by atoms with van der Waals surface area (Å²) in [5.41, 5.74) is 12.0. The Balaban J connectivity index is 0.000000238. The molecule has 0 unspecified atom stereocenters. The Hall–Kier alpha value is -5.29. The van der Waals surface area contributed by atoms with Gasteiger partial charge in [0.2, 0.25) is 0 Å². The van der Waals surface area contributed by atoms with Crippen LogP contribution in [-0.4, -0.2) is 0 Å². The van der Waals surface area contributed by atoms with Gasteiger partial charge in [0.05, 0.1) is 0 Å². The van der Waals surface area contributed by atoms with Crippen LogP contribution in [0.3, 0.4) is 0 Å². The molecule has 0 saturated carbocycles. The normalized spacial score (nSPS) is 10.8. The lowest BCUT2D eigenvalue weighted by Gasteiger charge is -2.26. The van der Waals surface area contributed by atoms with Gasteiger partial charge in [-0.3, -0.25) is 0 Å². The zero-order chi connectivity index (χ0) is 36.6. The molecule has 0 bridgehead atoms. The van der Waals surface area contributed by atoms with Crippen LogP contribution in [0.15, 0.2) is 170 Å². The lowest BCUT2D eigenvalue weighted by atomic mass is 9.90. The fourth-order valence-corrected chi connectivity index (χ4v) is 9.67. The molecule has 52 heavy (non-hydrogen) atoms. The smallest absolute Gasteiger partial charge is 0.00128 e. The first-order valence-corrected chi connectivity index (χ1v) is 19.5. The molecule has 0 nitrogen and oxygen atoms in total. The van der Waals surface area contributed by atoms with Crippen molar-refractivity contribution in [2.24, 2.45) is 0 Å². The fraction of sp³-hybridized carbons (Fsp3) is 0.137. The Kier molecular flexibility index (Phi) is 11.8. The highest BCUT2D eigenvalue weighted by atomic mass is 31.1. The summed E-state index contributed by atoms with van der Waals surface area (Å²) in [5, 5.41) is 9.41. The average Bonchev–Trinajstić information content (AvgIpc) is 3.12. The summed E-state index contributed by atoms with van der Waals surface area (Å²) in [6, 6.07) is 62.0. The van der Waals surface area contributed by atoms with Crippen molar-refractivity contribution >= 4 is 45.4 Å². The van der Waals surface area contributed by atoms with E-state index in [-0.39, 0.29) is 0 Å². The molecule has 0 radical (unpaired) electrons. The minimum absolute atomic E-state index is 0.764. The zero-order valence-electron chi connectivity index (χ0n) is 31.6. The third-order valence-corrected chi connectivity index (χ3v) is 11.8. The van der Waals surface area contributed by atoms with E-state index in [0.717, 1.165) is 0 Å². The molecule has 1 heteroatoms. The van der Waals surface area contributed by atoms with E-state index in [1.54, 1.807) is 0 Å². The van der Waals surface area contributed by atoms with E-state index < -0.39 is 7.92 Å². The molecule has 0 amide bonds. The molecule has 0 aliphatic rings. The van der Waals surface area contributed by atoms with Gasteiger partial charge in [-0.1, -0.05) is 203 Å². The molecule has 258 valence electrons. The van der Waals surface area contributed by atoms with Crippen LogP contribution >= 0.6 is 7.92 Å². The SMILES string of the molecule is Cc1cccc(C)c1.Cc1cccc(C)c1.Cc1cccc(P(c2cccc(C)c2)c2ccc3ccccc3c2-c2c(C)ccc3ccccc23)c1. The number of hydrogen-bond acceptors (Lipinski definition) is 0. The van der Waals surface area contributed by atoms with Gasteiger partial charge in [-0.2, -0.15) is 0 Å². The fourth-order valence-electron chi connectivity index (χ4n) is 7.00. The Labute approximate surface area is 312 Å². The van der Waals surface area contributed by atoms with E-state index >= 15 is 0 Å². The molecule has 0 heterocycles. The third kappa shape index (κ3) is 8.77. The van der Waals surface area contributed by atoms with E-state index in [9.17, 15) is 0 Å². The third-order valence-electron chi connectivity index (χ3n) is 9.40. The summed E-state index contributed by atoms with van der Waals surface area (Å²) in [5.74, 6) is 0. The van der Waals surface area contributed by atoms with Gasteiger partial charge in [-0.25, -0.2) is 0 Å². The summed E-state index contributed by atoms with van der Waals surface area (Å²) in [6.45, 7) is 15.1. The predicted molar refractivity (Wildman–Crippen MR) is 232 cm³/mol. The lowest BCUT2D eigenvalue weighted by Crippen LogP contribution is -2.23. The first-order valence-electron chi connectivity index (χ1n) is 18.2. The van der Waals surface area contributed by atoms with Crippen molar-refractivity contribution in [3.8, 4) is 11.1 Å². The Morgan fingerprint density at radius 1 is 0.308 bits per heavy atom. The first-order chi connectivity index (χ1) is 25.2. The second kappa shape index (κ2) is 16.8. The van der Waals surface area contributed by atoms with E-state index in [0.29, 0.717) is 0 Å². The van der Waals surface area contributed by atoms with Gasteiger partial charge in [0, 0.05) is 0 Å². The van der Waals surface area contributed by atoms with Crippen LogP contribution in [-0.2, 0) is 0 Å². The van der Waals surface area contributed by atoms with Gasteiger partial charge in [0.25, 0.3) is 0 Å². The van der Waals surface area contributed by atoms with Gasteiger partial charge >= 0.3 is 0 Å². The van der Waals surface area contributed by atoms with Crippen LogP contribution in [0.5, 0.6) is 0 Å². The van der Waals surface area contributed by atoms with Crippen molar-refractivity contribution in [1.29, 1.82) is 0 Å². The second-order valence-electron chi connectivity index (χ2n) is 14.0. The van der Waals surface area contributed by atoms with E-state index in [1.165, 1.54) is 87.5 Å². The maximum absolute atomic E-state index is 2.40. The molecule has 0 spiro atoms. The Morgan fingerprint density at radius 3 is 1.12 bits per heavy atom. The lowest BCUT2D eigenvalue weighted by molar-refractivity contribution is 1.39. The molecule has 0 aliphatic carbocycles. The van der Waals surface area contributed by atoms with Crippen molar-refractivity contribution in [1.82, 2.24) is 0 Å². The molecule has 0 N–H and O–H groups in total. The number of rotatable bonds is 4. The van der Waals surface area contributed by atoms with Gasteiger partial charge in [-0.05, 0) is 111 Å². The number of benzene rings is 8. The molecule has 8 rings (SSSR count). The van der Waals surface area contributed by atoms with Crippen LogP contribution in [0.25, 0.3) is 32.7 Å². The van der Waals surface area contributed by atoms with Crippen molar-refractivity contribution in [3.05, 3.63) is 209 Å². The average molecular weight is 693 g/mol. The number of aryl methyl sites for hydroxylation is 7. The maximum Gasteiger partial charge on any atom is -0.00128 e. The van der Waals surface area contributed by atoms with E-state index in [4.69, 9.17) is 0 Å². The van der Waals surface area contributed by atoms with Crippen molar-refractivity contribution < 1.29 is 0 Å². The second-order valence-corrected chi connectivity index (χ2v) is 16.2. The number of fused-ring (bicyclic) bond motifs is 2. The summed E-state index contributed by atoms with van der Waals surface area (Å²) >= 11 is 0. The molecule has 8 aromatic rings. The van der Waals surface area contributed by atoms with Gasteiger partial charge in [0.1, 0.15) is 0 Å².